The molecule has 0 saturated carbocycles. The molecule has 1 aromatic carbocycles. The summed E-state index contributed by atoms with van der Waals surface area (Å²) in [6.07, 6.45) is 0.360. The van der Waals surface area contributed by atoms with Gasteiger partial charge in [-0.25, -0.2) is 4.79 Å². The van der Waals surface area contributed by atoms with Gasteiger partial charge in [-0.2, -0.15) is 0 Å². The summed E-state index contributed by atoms with van der Waals surface area (Å²) < 4.78 is 4.92. The summed E-state index contributed by atoms with van der Waals surface area (Å²) in [5, 5.41) is 3.17. The molecular formula is C13H16ClNO3. The van der Waals surface area contributed by atoms with Gasteiger partial charge in [-0.1, -0.05) is 23.7 Å². The van der Waals surface area contributed by atoms with Crippen LogP contribution in [0, 0.1) is 0 Å². The molecule has 1 N–H and O–H groups in total. The lowest BCUT2D eigenvalue weighted by Crippen LogP contribution is -2.42. The van der Waals surface area contributed by atoms with Gasteiger partial charge in [0.1, 0.15) is 6.04 Å². The van der Waals surface area contributed by atoms with Crippen molar-refractivity contribution in [3.8, 4) is 0 Å². The van der Waals surface area contributed by atoms with Crippen molar-refractivity contribution in [3.63, 3.8) is 0 Å². The van der Waals surface area contributed by atoms with Gasteiger partial charge < -0.3 is 10.1 Å². The van der Waals surface area contributed by atoms with Crippen molar-refractivity contribution >= 4 is 23.5 Å². The van der Waals surface area contributed by atoms with E-state index in [1.54, 1.807) is 25.1 Å². The van der Waals surface area contributed by atoms with E-state index in [0.717, 1.165) is 5.56 Å². The molecule has 0 bridgehead atoms. The molecule has 0 spiro atoms. The van der Waals surface area contributed by atoms with Crippen LogP contribution in [0.4, 0.5) is 0 Å². The average Bonchev–Trinajstić information content (AvgIpc) is 2.28. The molecule has 18 heavy (non-hydrogen) atoms. The van der Waals surface area contributed by atoms with Gasteiger partial charge in [0.25, 0.3) is 0 Å². The van der Waals surface area contributed by atoms with Crippen molar-refractivity contribution in [2.24, 2.45) is 0 Å². The SMILES string of the molecule is CCOC(=O)[C@H](Cc1cccc(Cl)c1)NC(C)=O. The van der Waals surface area contributed by atoms with Gasteiger partial charge in [0.15, 0.2) is 0 Å². The predicted octanol–water partition coefficient (Wildman–Crippen LogP) is 1.95. The molecule has 1 aromatic rings. The monoisotopic (exact) mass is 269 g/mol. The highest BCUT2D eigenvalue weighted by atomic mass is 35.5. The molecule has 0 fully saturated rings. The first-order valence-electron chi connectivity index (χ1n) is 5.71. The number of halogens is 1. The average molecular weight is 270 g/mol. The molecule has 0 unspecified atom stereocenters. The van der Waals surface area contributed by atoms with Crippen LogP contribution in [0.3, 0.4) is 0 Å². The van der Waals surface area contributed by atoms with Crippen molar-refractivity contribution < 1.29 is 14.3 Å². The first kappa shape index (κ1) is 14.5. The minimum absolute atomic E-state index is 0.268. The van der Waals surface area contributed by atoms with Gasteiger partial charge in [-0.3, -0.25) is 4.79 Å². The van der Waals surface area contributed by atoms with E-state index in [4.69, 9.17) is 16.3 Å². The van der Waals surface area contributed by atoms with E-state index in [1.807, 2.05) is 6.07 Å². The molecule has 0 aliphatic rings. The Hall–Kier alpha value is -1.55. The molecule has 0 aliphatic carbocycles. The molecular weight excluding hydrogens is 254 g/mol. The van der Waals surface area contributed by atoms with Gasteiger partial charge in [0.2, 0.25) is 5.91 Å². The summed E-state index contributed by atoms with van der Waals surface area (Å²) >= 11 is 5.87. The number of ether oxygens (including phenoxy) is 1. The fourth-order valence-corrected chi connectivity index (χ4v) is 1.79. The largest absolute Gasteiger partial charge is 0.464 e. The van der Waals surface area contributed by atoms with Crippen LogP contribution in [-0.4, -0.2) is 24.5 Å². The Labute approximate surface area is 111 Å². The molecule has 0 radical (unpaired) electrons. The Bertz CT molecular complexity index is 434. The molecule has 0 aliphatic heterocycles. The predicted molar refractivity (Wildman–Crippen MR) is 69.4 cm³/mol. The van der Waals surface area contributed by atoms with Crippen molar-refractivity contribution in [1.82, 2.24) is 5.32 Å². The Balaban J connectivity index is 2.77. The van der Waals surface area contributed by atoms with Crippen LogP contribution in [0.1, 0.15) is 19.4 Å². The number of rotatable bonds is 5. The van der Waals surface area contributed by atoms with Crippen molar-refractivity contribution in [3.05, 3.63) is 34.9 Å². The number of benzene rings is 1. The third-order valence-electron chi connectivity index (χ3n) is 2.28. The van der Waals surface area contributed by atoms with Crippen molar-refractivity contribution in [1.29, 1.82) is 0 Å². The lowest BCUT2D eigenvalue weighted by atomic mass is 10.1. The highest BCUT2D eigenvalue weighted by molar-refractivity contribution is 6.30. The lowest BCUT2D eigenvalue weighted by molar-refractivity contribution is -0.147. The molecule has 1 rings (SSSR count). The second-order valence-corrected chi connectivity index (χ2v) is 4.28. The normalized spacial score (nSPS) is 11.7. The standard InChI is InChI=1S/C13H16ClNO3/c1-3-18-13(17)12(15-9(2)16)8-10-5-4-6-11(14)7-10/h4-7,12H,3,8H2,1-2H3,(H,15,16)/t12-/m0/s1. The summed E-state index contributed by atoms with van der Waals surface area (Å²) in [7, 11) is 0. The molecule has 0 saturated heterocycles. The van der Waals surface area contributed by atoms with Crippen LogP contribution < -0.4 is 5.32 Å². The summed E-state index contributed by atoms with van der Waals surface area (Å²) in [5.41, 5.74) is 0.870. The molecule has 5 heteroatoms. The Morgan fingerprint density at radius 2 is 2.17 bits per heavy atom. The van der Waals surface area contributed by atoms with Gasteiger partial charge >= 0.3 is 5.97 Å². The van der Waals surface area contributed by atoms with Gasteiger partial charge in [-0.15, -0.1) is 0 Å². The topological polar surface area (TPSA) is 55.4 Å². The first-order chi connectivity index (χ1) is 8.52. The van der Waals surface area contributed by atoms with Crippen LogP contribution in [0.25, 0.3) is 0 Å². The lowest BCUT2D eigenvalue weighted by Gasteiger charge is -2.16. The van der Waals surface area contributed by atoms with Crippen molar-refractivity contribution in [2.45, 2.75) is 26.3 Å². The number of carbonyl (C=O) groups is 2. The third-order valence-corrected chi connectivity index (χ3v) is 2.51. The van der Waals surface area contributed by atoms with E-state index in [9.17, 15) is 9.59 Å². The molecule has 98 valence electrons. The first-order valence-corrected chi connectivity index (χ1v) is 6.09. The van der Waals surface area contributed by atoms with E-state index in [0.29, 0.717) is 11.4 Å². The highest BCUT2D eigenvalue weighted by Gasteiger charge is 2.21. The maximum atomic E-state index is 11.7. The van der Waals surface area contributed by atoms with Crippen LogP contribution in [0.15, 0.2) is 24.3 Å². The number of hydrogen-bond acceptors (Lipinski definition) is 3. The Morgan fingerprint density at radius 1 is 1.44 bits per heavy atom. The minimum Gasteiger partial charge on any atom is -0.464 e. The summed E-state index contributed by atoms with van der Waals surface area (Å²) in [6, 6.07) is 6.48. The molecule has 4 nitrogen and oxygen atoms in total. The van der Waals surface area contributed by atoms with Gasteiger partial charge in [0.05, 0.1) is 6.61 Å². The number of carbonyl (C=O) groups excluding carboxylic acids is 2. The minimum atomic E-state index is -0.680. The third kappa shape index (κ3) is 4.75. The van der Waals surface area contributed by atoms with E-state index >= 15 is 0 Å². The molecule has 0 heterocycles. The molecule has 0 aromatic heterocycles. The van der Waals surface area contributed by atoms with E-state index in [2.05, 4.69) is 5.32 Å². The summed E-state index contributed by atoms with van der Waals surface area (Å²) in [4.78, 5) is 22.8. The second kappa shape index (κ2) is 7.01. The number of hydrogen-bond donors (Lipinski definition) is 1. The fourth-order valence-electron chi connectivity index (χ4n) is 1.58. The van der Waals surface area contributed by atoms with Gasteiger partial charge in [0, 0.05) is 18.4 Å². The number of esters is 1. The van der Waals surface area contributed by atoms with E-state index in [-0.39, 0.29) is 12.5 Å². The van der Waals surface area contributed by atoms with Crippen molar-refractivity contribution in [2.75, 3.05) is 6.61 Å². The van der Waals surface area contributed by atoms with E-state index < -0.39 is 12.0 Å². The zero-order chi connectivity index (χ0) is 13.5. The maximum absolute atomic E-state index is 11.7. The number of nitrogens with one attached hydrogen (secondary N) is 1. The zero-order valence-corrected chi connectivity index (χ0v) is 11.2. The number of amides is 1. The second-order valence-electron chi connectivity index (χ2n) is 3.84. The van der Waals surface area contributed by atoms with Crippen LogP contribution >= 0.6 is 11.6 Å². The van der Waals surface area contributed by atoms with E-state index in [1.165, 1.54) is 6.92 Å². The van der Waals surface area contributed by atoms with Gasteiger partial charge in [-0.05, 0) is 24.6 Å². The molecule has 1 amide bonds. The quantitative estimate of drug-likeness (QED) is 0.832. The fraction of sp³-hybridized carbons (Fsp3) is 0.385. The maximum Gasteiger partial charge on any atom is 0.328 e. The molecule has 1 atom stereocenters. The Kier molecular flexibility index (Phi) is 5.65. The summed E-state index contributed by atoms with van der Waals surface area (Å²) in [6.45, 7) is 3.37. The Morgan fingerprint density at radius 3 is 2.72 bits per heavy atom. The highest BCUT2D eigenvalue weighted by Crippen LogP contribution is 2.12. The van der Waals surface area contributed by atoms with Crippen LogP contribution in [0.5, 0.6) is 0 Å². The van der Waals surface area contributed by atoms with Crippen LogP contribution in [-0.2, 0) is 20.7 Å². The van der Waals surface area contributed by atoms with Crippen LogP contribution in [0.2, 0.25) is 5.02 Å². The summed E-state index contributed by atoms with van der Waals surface area (Å²) in [5.74, 6) is -0.706. The zero-order valence-electron chi connectivity index (χ0n) is 10.4. The smallest absolute Gasteiger partial charge is 0.328 e.